The van der Waals surface area contributed by atoms with Crippen molar-refractivity contribution in [3.05, 3.63) is 39.0 Å². The lowest BCUT2D eigenvalue weighted by Crippen LogP contribution is -2.27. The van der Waals surface area contributed by atoms with Gasteiger partial charge in [-0.1, -0.05) is 0 Å². The van der Waals surface area contributed by atoms with Gasteiger partial charge in [0, 0.05) is 21.9 Å². The number of rotatable bonds is 5. The standard InChI is InChI=1S/C14H17NO5S2/c1-7-5-11(10(4)21-7)8(2)15-22(18,19)13-6-12(14(16)17)20-9(13)3/h5-6,8,15H,1-4H3,(H,16,17). The number of sulfonamides is 1. The van der Waals surface area contributed by atoms with E-state index in [9.17, 15) is 13.2 Å². The minimum atomic E-state index is -3.86. The average Bonchev–Trinajstić information content (AvgIpc) is 2.92. The van der Waals surface area contributed by atoms with E-state index in [0.717, 1.165) is 21.4 Å². The van der Waals surface area contributed by atoms with Crippen LogP contribution in [0.25, 0.3) is 0 Å². The van der Waals surface area contributed by atoms with Gasteiger partial charge in [-0.15, -0.1) is 11.3 Å². The second-order valence-electron chi connectivity index (χ2n) is 5.05. The van der Waals surface area contributed by atoms with Crippen LogP contribution in [0.3, 0.4) is 0 Å². The Labute approximate surface area is 132 Å². The van der Waals surface area contributed by atoms with Crippen molar-refractivity contribution < 1.29 is 22.7 Å². The quantitative estimate of drug-likeness (QED) is 0.870. The van der Waals surface area contributed by atoms with Crippen molar-refractivity contribution in [3.8, 4) is 0 Å². The second kappa shape index (κ2) is 5.86. The third-order valence-corrected chi connectivity index (χ3v) is 5.88. The first-order valence-corrected chi connectivity index (χ1v) is 8.84. The molecule has 2 heterocycles. The van der Waals surface area contributed by atoms with Crippen molar-refractivity contribution in [1.82, 2.24) is 4.72 Å². The van der Waals surface area contributed by atoms with Gasteiger partial charge in [0.25, 0.3) is 0 Å². The van der Waals surface area contributed by atoms with Crippen LogP contribution in [-0.4, -0.2) is 19.5 Å². The summed E-state index contributed by atoms with van der Waals surface area (Å²) in [6, 6.07) is 2.55. The summed E-state index contributed by atoms with van der Waals surface area (Å²) in [4.78, 5) is 12.9. The largest absolute Gasteiger partial charge is 0.475 e. The molecule has 0 fully saturated rings. The molecule has 0 saturated heterocycles. The van der Waals surface area contributed by atoms with Gasteiger partial charge < -0.3 is 9.52 Å². The third kappa shape index (κ3) is 3.23. The number of aromatic carboxylic acids is 1. The van der Waals surface area contributed by atoms with Crippen LogP contribution in [0.15, 0.2) is 21.4 Å². The fraction of sp³-hybridized carbons (Fsp3) is 0.357. The second-order valence-corrected chi connectivity index (χ2v) is 8.19. The van der Waals surface area contributed by atoms with Crippen LogP contribution >= 0.6 is 11.3 Å². The maximum atomic E-state index is 12.4. The maximum Gasteiger partial charge on any atom is 0.371 e. The molecule has 2 N–H and O–H groups in total. The number of nitrogens with one attached hydrogen (secondary N) is 1. The number of furan rings is 1. The molecular formula is C14H17NO5S2. The predicted octanol–water partition coefficient (Wildman–Crippen LogP) is 3.00. The Hall–Kier alpha value is -1.64. The van der Waals surface area contributed by atoms with Gasteiger partial charge in [0.1, 0.15) is 10.7 Å². The minimum absolute atomic E-state index is 0.0512. The molecule has 6 nitrogen and oxygen atoms in total. The lowest BCUT2D eigenvalue weighted by atomic mass is 10.1. The summed E-state index contributed by atoms with van der Waals surface area (Å²) in [5.74, 6) is -1.65. The van der Waals surface area contributed by atoms with Gasteiger partial charge in [-0.3, -0.25) is 0 Å². The molecule has 0 aliphatic rings. The molecule has 0 saturated carbocycles. The van der Waals surface area contributed by atoms with Crippen LogP contribution in [0.1, 0.15) is 44.6 Å². The van der Waals surface area contributed by atoms with E-state index in [1.807, 2.05) is 19.9 Å². The molecular weight excluding hydrogens is 326 g/mol. The van der Waals surface area contributed by atoms with Gasteiger partial charge in [-0.2, -0.15) is 0 Å². The molecule has 0 amide bonds. The van der Waals surface area contributed by atoms with Crippen molar-refractivity contribution in [3.63, 3.8) is 0 Å². The topological polar surface area (TPSA) is 96.6 Å². The number of hydrogen-bond acceptors (Lipinski definition) is 5. The third-order valence-electron chi connectivity index (χ3n) is 3.25. The molecule has 8 heteroatoms. The van der Waals surface area contributed by atoms with Crippen molar-refractivity contribution in [2.45, 2.75) is 38.6 Å². The molecule has 0 aliphatic carbocycles. The zero-order valence-electron chi connectivity index (χ0n) is 12.6. The summed E-state index contributed by atoms with van der Waals surface area (Å²) in [5.41, 5.74) is 0.908. The average molecular weight is 343 g/mol. The summed E-state index contributed by atoms with van der Waals surface area (Å²) in [6.07, 6.45) is 0. The van der Waals surface area contributed by atoms with Crippen LogP contribution in [0, 0.1) is 20.8 Å². The van der Waals surface area contributed by atoms with Crippen LogP contribution < -0.4 is 4.72 Å². The predicted molar refractivity (Wildman–Crippen MR) is 82.9 cm³/mol. The van der Waals surface area contributed by atoms with E-state index >= 15 is 0 Å². The molecule has 22 heavy (non-hydrogen) atoms. The van der Waals surface area contributed by atoms with Crippen molar-refractivity contribution in [1.29, 1.82) is 0 Å². The van der Waals surface area contributed by atoms with E-state index in [2.05, 4.69) is 4.72 Å². The van der Waals surface area contributed by atoms with E-state index in [4.69, 9.17) is 9.52 Å². The Bertz CT molecular complexity index is 816. The number of hydrogen-bond donors (Lipinski definition) is 2. The van der Waals surface area contributed by atoms with E-state index in [-0.39, 0.29) is 10.7 Å². The number of carbonyl (C=O) groups is 1. The van der Waals surface area contributed by atoms with Gasteiger partial charge in [0.05, 0.1) is 0 Å². The first-order chi connectivity index (χ1) is 10.1. The van der Waals surface area contributed by atoms with Crippen LogP contribution in [0.5, 0.6) is 0 Å². The lowest BCUT2D eigenvalue weighted by Gasteiger charge is -2.13. The van der Waals surface area contributed by atoms with E-state index < -0.39 is 27.8 Å². The Kier molecular flexibility index (Phi) is 4.46. The minimum Gasteiger partial charge on any atom is -0.475 e. The Balaban J connectivity index is 2.31. The number of thiophene rings is 1. The first kappa shape index (κ1) is 16.7. The molecule has 1 atom stereocenters. The summed E-state index contributed by atoms with van der Waals surface area (Å²) < 4.78 is 32.4. The lowest BCUT2D eigenvalue weighted by molar-refractivity contribution is 0.0661. The number of carboxylic acid groups (broad SMARTS) is 1. The summed E-state index contributed by atoms with van der Waals surface area (Å²) in [6.45, 7) is 7.07. The highest BCUT2D eigenvalue weighted by atomic mass is 32.2. The van der Waals surface area contributed by atoms with Gasteiger partial charge in [0.2, 0.25) is 15.8 Å². The smallest absolute Gasteiger partial charge is 0.371 e. The SMILES string of the molecule is Cc1cc(C(C)NS(=O)(=O)c2cc(C(=O)O)oc2C)c(C)s1. The number of carboxylic acids is 1. The molecule has 0 spiro atoms. The molecule has 0 aliphatic heterocycles. The molecule has 1 unspecified atom stereocenters. The Morgan fingerprint density at radius 3 is 2.41 bits per heavy atom. The first-order valence-electron chi connectivity index (χ1n) is 6.55. The molecule has 2 aromatic heterocycles. The molecule has 0 bridgehead atoms. The maximum absolute atomic E-state index is 12.4. The summed E-state index contributed by atoms with van der Waals surface area (Å²) in [7, 11) is -3.86. The van der Waals surface area contributed by atoms with E-state index in [1.54, 1.807) is 18.3 Å². The van der Waals surface area contributed by atoms with Gasteiger partial charge in [-0.25, -0.2) is 17.9 Å². The zero-order chi connectivity index (χ0) is 16.7. The normalized spacial score (nSPS) is 13.3. The van der Waals surface area contributed by atoms with Gasteiger partial charge in [-0.05, 0) is 39.3 Å². The van der Waals surface area contributed by atoms with Crippen molar-refractivity contribution in [2.75, 3.05) is 0 Å². The van der Waals surface area contributed by atoms with Crippen LogP contribution in [0.4, 0.5) is 0 Å². The highest BCUT2D eigenvalue weighted by Gasteiger charge is 2.26. The van der Waals surface area contributed by atoms with Crippen LogP contribution in [-0.2, 0) is 10.0 Å². The summed E-state index contributed by atoms with van der Waals surface area (Å²) in [5, 5.41) is 8.88. The van der Waals surface area contributed by atoms with Gasteiger partial charge >= 0.3 is 5.97 Å². The van der Waals surface area contributed by atoms with E-state index in [0.29, 0.717) is 0 Å². The molecule has 2 aromatic rings. The monoisotopic (exact) mass is 343 g/mol. The molecule has 120 valence electrons. The molecule has 2 rings (SSSR count). The number of aryl methyl sites for hydroxylation is 3. The van der Waals surface area contributed by atoms with E-state index in [1.165, 1.54) is 6.92 Å². The fourth-order valence-electron chi connectivity index (χ4n) is 2.28. The summed E-state index contributed by atoms with van der Waals surface area (Å²) >= 11 is 1.60. The van der Waals surface area contributed by atoms with Crippen molar-refractivity contribution >= 4 is 27.3 Å². The Morgan fingerprint density at radius 2 is 1.95 bits per heavy atom. The fourth-order valence-corrected chi connectivity index (χ4v) is 4.70. The van der Waals surface area contributed by atoms with Crippen LogP contribution in [0.2, 0.25) is 0 Å². The van der Waals surface area contributed by atoms with Crippen molar-refractivity contribution in [2.24, 2.45) is 0 Å². The highest BCUT2D eigenvalue weighted by Crippen LogP contribution is 2.28. The zero-order valence-corrected chi connectivity index (χ0v) is 14.3. The highest BCUT2D eigenvalue weighted by molar-refractivity contribution is 7.89. The Morgan fingerprint density at radius 1 is 1.32 bits per heavy atom. The molecule has 0 aromatic carbocycles. The molecule has 0 radical (unpaired) electrons. The van der Waals surface area contributed by atoms with Gasteiger partial charge in [0.15, 0.2) is 0 Å².